The largest absolute Gasteiger partial charge is 0.366 e. The molecule has 0 aliphatic carbocycles. The van der Waals surface area contributed by atoms with Gasteiger partial charge < -0.3 is 5.73 Å². The molecule has 0 aromatic carbocycles. The lowest BCUT2D eigenvalue weighted by molar-refractivity contribution is 0.1000. The van der Waals surface area contributed by atoms with Crippen molar-refractivity contribution in [3.8, 4) is 11.5 Å². The lowest BCUT2D eigenvalue weighted by Crippen LogP contribution is -2.43. The number of hydrogen-bond acceptors (Lipinski definition) is 2. The average molecular weight is 342 g/mol. The van der Waals surface area contributed by atoms with E-state index in [0.717, 1.165) is 11.2 Å². The summed E-state index contributed by atoms with van der Waals surface area (Å²) in [5.41, 5.74) is 12.8. The lowest BCUT2D eigenvalue weighted by Gasteiger charge is -2.38. The normalized spacial score (nSPS) is 12.0. The Bertz CT molecular complexity index is 787. The highest BCUT2D eigenvalue weighted by Crippen LogP contribution is 2.40. The summed E-state index contributed by atoms with van der Waals surface area (Å²) in [6.07, 6.45) is 1.71. The molecule has 0 bridgehead atoms. The Hall–Kier alpha value is -2.06. The number of pyridine rings is 1. The van der Waals surface area contributed by atoms with Crippen LogP contribution in [-0.4, -0.2) is 23.6 Å². The molecular formula is C19H27N3OSi. The van der Waals surface area contributed by atoms with Gasteiger partial charge in [0.15, 0.2) is 0 Å². The summed E-state index contributed by atoms with van der Waals surface area (Å²) in [5.74, 6) is 2.92. The summed E-state index contributed by atoms with van der Waals surface area (Å²) in [7, 11) is -1.84. The maximum atomic E-state index is 11.6. The summed E-state index contributed by atoms with van der Waals surface area (Å²) in [6.45, 7) is 13.7. The van der Waals surface area contributed by atoms with E-state index in [0.29, 0.717) is 22.2 Å². The molecule has 0 radical (unpaired) electrons. The molecule has 24 heavy (non-hydrogen) atoms. The molecule has 0 fully saturated rings. The molecule has 2 aromatic heterocycles. The zero-order valence-electron chi connectivity index (χ0n) is 15.4. The topological polar surface area (TPSA) is 60.4 Å². The van der Waals surface area contributed by atoms with E-state index < -0.39 is 14.0 Å². The molecule has 0 saturated carbocycles. The van der Waals surface area contributed by atoms with Crippen molar-refractivity contribution in [1.29, 1.82) is 0 Å². The van der Waals surface area contributed by atoms with Crippen LogP contribution in [0.15, 0.2) is 24.4 Å². The molecule has 0 spiro atoms. The number of nitrogens with two attached hydrogens (primary N) is 1. The number of nitrogens with zero attached hydrogens (tertiary/aromatic N) is 2. The highest BCUT2D eigenvalue weighted by molar-refractivity contribution is 6.90. The number of primary amides is 1. The minimum absolute atomic E-state index is 0.443. The van der Waals surface area contributed by atoms with Crippen LogP contribution in [0.4, 0.5) is 0 Å². The molecule has 0 atom stereocenters. The number of aromatic nitrogens is 2. The third-order valence-electron chi connectivity index (χ3n) is 5.05. The standard InChI is InChI=1S/C19H27N3OSi/c1-13(2)24(14(3)4,15(5)6)10-8-18-12-16(19(20)23)11-17-7-9-21-22(17)18/h7,9,11-15H,1-6H3,(H2,20,23). The van der Waals surface area contributed by atoms with Crippen molar-refractivity contribution in [3.05, 3.63) is 35.7 Å². The maximum absolute atomic E-state index is 11.6. The van der Waals surface area contributed by atoms with Crippen LogP contribution in [0.25, 0.3) is 5.52 Å². The van der Waals surface area contributed by atoms with Gasteiger partial charge in [0.05, 0.1) is 11.7 Å². The van der Waals surface area contributed by atoms with Gasteiger partial charge >= 0.3 is 0 Å². The van der Waals surface area contributed by atoms with E-state index in [-0.39, 0.29) is 0 Å². The predicted molar refractivity (Wildman–Crippen MR) is 102 cm³/mol. The second-order valence-corrected chi connectivity index (χ2v) is 12.9. The highest BCUT2D eigenvalue weighted by atomic mass is 28.3. The first kappa shape index (κ1) is 18.3. The molecule has 0 saturated heterocycles. The monoisotopic (exact) mass is 341 g/mol. The van der Waals surface area contributed by atoms with E-state index in [4.69, 9.17) is 5.73 Å². The first-order valence-corrected chi connectivity index (χ1v) is 10.7. The van der Waals surface area contributed by atoms with Crippen LogP contribution >= 0.6 is 0 Å². The molecule has 4 nitrogen and oxygen atoms in total. The van der Waals surface area contributed by atoms with Crippen LogP contribution in [0.3, 0.4) is 0 Å². The van der Waals surface area contributed by atoms with Crippen LogP contribution < -0.4 is 5.73 Å². The van der Waals surface area contributed by atoms with Crippen LogP contribution in [0.1, 0.15) is 57.6 Å². The SMILES string of the molecule is CC(C)[Si](C#Cc1cc(C(N)=O)cc2ccnn12)(C(C)C)C(C)C. The van der Waals surface area contributed by atoms with E-state index in [1.807, 2.05) is 6.07 Å². The number of fused-ring (bicyclic) bond motifs is 1. The summed E-state index contributed by atoms with van der Waals surface area (Å²) in [4.78, 5) is 11.6. The highest BCUT2D eigenvalue weighted by Gasteiger charge is 2.41. The number of amides is 1. The predicted octanol–water partition coefficient (Wildman–Crippen LogP) is 4.00. The fourth-order valence-electron chi connectivity index (χ4n) is 3.87. The summed E-state index contributed by atoms with van der Waals surface area (Å²) < 4.78 is 1.78. The fraction of sp³-hybridized carbons (Fsp3) is 0.474. The molecular weight excluding hydrogens is 314 g/mol. The molecule has 2 N–H and O–H groups in total. The van der Waals surface area contributed by atoms with Crippen molar-refractivity contribution < 1.29 is 4.79 Å². The van der Waals surface area contributed by atoms with E-state index in [2.05, 4.69) is 58.1 Å². The smallest absolute Gasteiger partial charge is 0.248 e. The molecule has 2 rings (SSSR count). The lowest BCUT2D eigenvalue weighted by atomic mass is 10.2. The zero-order valence-corrected chi connectivity index (χ0v) is 16.4. The van der Waals surface area contributed by atoms with Crippen molar-refractivity contribution in [2.75, 3.05) is 0 Å². The molecule has 2 heterocycles. The van der Waals surface area contributed by atoms with Gasteiger partial charge in [0.25, 0.3) is 0 Å². The van der Waals surface area contributed by atoms with Crippen molar-refractivity contribution in [2.45, 2.75) is 58.2 Å². The molecule has 2 aromatic rings. The molecule has 0 aliphatic heterocycles. The van der Waals surface area contributed by atoms with E-state index in [9.17, 15) is 4.79 Å². The van der Waals surface area contributed by atoms with Gasteiger partial charge in [-0.05, 0) is 34.8 Å². The van der Waals surface area contributed by atoms with E-state index >= 15 is 0 Å². The van der Waals surface area contributed by atoms with E-state index in [1.54, 1.807) is 22.8 Å². The Morgan fingerprint density at radius 3 is 2.21 bits per heavy atom. The molecule has 128 valence electrons. The second-order valence-electron chi connectivity index (χ2n) is 7.31. The van der Waals surface area contributed by atoms with Gasteiger partial charge in [-0.15, -0.1) is 5.54 Å². The van der Waals surface area contributed by atoms with Crippen molar-refractivity contribution in [2.24, 2.45) is 5.73 Å². The van der Waals surface area contributed by atoms with Gasteiger partial charge in [0.2, 0.25) is 5.91 Å². The summed E-state index contributed by atoms with van der Waals surface area (Å²) >= 11 is 0. The third kappa shape index (κ3) is 3.11. The Labute approximate surface area is 145 Å². The van der Waals surface area contributed by atoms with Crippen molar-refractivity contribution >= 4 is 19.5 Å². The van der Waals surface area contributed by atoms with Gasteiger partial charge in [0.1, 0.15) is 13.8 Å². The molecule has 5 heteroatoms. The number of hydrogen-bond donors (Lipinski definition) is 1. The quantitative estimate of drug-likeness (QED) is 0.675. The minimum Gasteiger partial charge on any atom is -0.366 e. The Morgan fingerprint density at radius 2 is 1.71 bits per heavy atom. The Balaban J connectivity index is 2.66. The number of carbonyl (C=O) groups is 1. The van der Waals surface area contributed by atoms with Gasteiger partial charge in [0, 0.05) is 5.56 Å². The molecule has 0 aliphatic rings. The van der Waals surface area contributed by atoms with Crippen LogP contribution in [0.2, 0.25) is 16.6 Å². The fourth-order valence-corrected chi connectivity index (χ4v) is 9.08. The maximum Gasteiger partial charge on any atom is 0.248 e. The molecule has 1 amide bonds. The third-order valence-corrected chi connectivity index (χ3v) is 11.3. The second kappa shape index (κ2) is 6.82. The average Bonchev–Trinajstić information content (AvgIpc) is 2.94. The number of rotatable bonds is 4. The van der Waals surface area contributed by atoms with E-state index in [1.165, 1.54) is 0 Å². The van der Waals surface area contributed by atoms with Crippen LogP contribution in [0.5, 0.6) is 0 Å². The van der Waals surface area contributed by atoms with Crippen molar-refractivity contribution in [1.82, 2.24) is 9.61 Å². The summed E-state index contributed by atoms with van der Waals surface area (Å²) in [6, 6.07) is 5.35. The zero-order chi connectivity index (χ0) is 18.1. The van der Waals surface area contributed by atoms with Crippen LogP contribution in [0, 0.1) is 11.5 Å². The summed E-state index contributed by atoms with van der Waals surface area (Å²) in [5, 5.41) is 4.33. The van der Waals surface area contributed by atoms with Crippen molar-refractivity contribution in [3.63, 3.8) is 0 Å². The van der Waals surface area contributed by atoms with Gasteiger partial charge in [-0.2, -0.15) is 5.10 Å². The van der Waals surface area contributed by atoms with Gasteiger partial charge in [-0.25, -0.2) is 4.52 Å². The Kier molecular flexibility index (Phi) is 5.19. The number of carbonyl (C=O) groups excluding carboxylic acids is 1. The molecule has 0 unspecified atom stereocenters. The van der Waals surface area contributed by atoms with Gasteiger partial charge in [-0.3, -0.25) is 4.79 Å². The first-order chi connectivity index (χ1) is 11.2. The van der Waals surface area contributed by atoms with Gasteiger partial charge in [-0.1, -0.05) is 47.5 Å². The van der Waals surface area contributed by atoms with Crippen LogP contribution in [-0.2, 0) is 0 Å². The minimum atomic E-state index is -1.84. The Morgan fingerprint density at radius 1 is 1.12 bits per heavy atom. The first-order valence-electron chi connectivity index (χ1n) is 8.51.